The van der Waals surface area contributed by atoms with Gasteiger partial charge in [-0.1, -0.05) is 68.1 Å². The second-order valence-electron chi connectivity index (χ2n) is 7.37. The van der Waals surface area contributed by atoms with Crippen LogP contribution in [0.25, 0.3) is 5.69 Å². The molecule has 0 spiro atoms. The zero-order valence-corrected chi connectivity index (χ0v) is 18.0. The molecule has 0 fully saturated rings. The highest BCUT2D eigenvalue weighted by Crippen LogP contribution is 2.30. The molecule has 0 aliphatic heterocycles. The van der Waals surface area contributed by atoms with E-state index in [2.05, 4.69) is 21.6 Å². The predicted octanol–water partition coefficient (Wildman–Crippen LogP) is 3.48. The number of rotatable bonds is 7. The monoisotopic (exact) mass is 423 g/mol. The first-order valence-electron chi connectivity index (χ1n) is 9.67. The van der Waals surface area contributed by atoms with Crippen molar-refractivity contribution in [1.82, 2.24) is 20.1 Å². The maximum absolute atomic E-state index is 12.5. The number of primary amides is 1. The first kappa shape index (κ1) is 21.6. The Balaban J connectivity index is 2.01. The Bertz CT molecular complexity index is 1030. The molecule has 2 aromatic carbocycles. The van der Waals surface area contributed by atoms with Gasteiger partial charge in [0.25, 0.3) is 0 Å². The molecule has 0 aliphatic rings. The first-order chi connectivity index (χ1) is 14.3. The number of imide groups is 1. The number of carbonyl (C=O) groups excluding carboxylic acids is 2. The molecule has 3 rings (SSSR count). The van der Waals surface area contributed by atoms with E-state index < -0.39 is 17.2 Å². The largest absolute Gasteiger partial charge is 0.351 e. The van der Waals surface area contributed by atoms with Crippen molar-refractivity contribution >= 4 is 23.7 Å². The first-order valence-corrected chi connectivity index (χ1v) is 10.6. The predicted molar refractivity (Wildman–Crippen MR) is 118 cm³/mol. The Morgan fingerprint density at radius 3 is 2.47 bits per heavy atom. The molecule has 0 saturated heterocycles. The van der Waals surface area contributed by atoms with Gasteiger partial charge < -0.3 is 5.73 Å². The van der Waals surface area contributed by atoms with Gasteiger partial charge in [-0.15, -0.1) is 10.2 Å². The summed E-state index contributed by atoms with van der Waals surface area (Å²) in [5.74, 6) is 0.285. The van der Waals surface area contributed by atoms with E-state index in [4.69, 9.17) is 5.73 Å². The molecule has 0 unspecified atom stereocenters. The smallest absolute Gasteiger partial charge is 0.318 e. The van der Waals surface area contributed by atoms with E-state index in [0.29, 0.717) is 11.6 Å². The second-order valence-corrected chi connectivity index (χ2v) is 8.48. The van der Waals surface area contributed by atoms with Crippen LogP contribution in [0.1, 0.15) is 30.8 Å². The third-order valence-corrected chi connectivity index (χ3v) is 6.00. The fourth-order valence-electron chi connectivity index (χ4n) is 3.09. The third-order valence-electron chi connectivity index (χ3n) is 4.51. The van der Waals surface area contributed by atoms with Crippen LogP contribution in [0.2, 0.25) is 0 Å². The molecule has 1 heterocycles. The van der Waals surface area contributed by atoms with Gasteiger partial charge in [-0.3, -0.25) is 14.7 Å². The summed E-state index contributed by atoms with van der Waals surface area (Å²) in [4.78, 5) is 23.7. The van der Waals surface area contributed by atoms with Gasteiger partial charge >= 0.3 is 6.03 Å². The minimum Gasteiger partial charge on any atom is -0.351 e. The molecule has 3 amide bonds. The lowest BCUT2D eigenvalue weighted by Gasteiger charge is -2.19. The minimum atomic E-state index is -0.865. The SMILES string of the molecule is Cc1cccc(-n2c(Cc3ccccc3)nnc2S[C@@H](C(=O)NC(N)=O)C(C)C)c1. The Morgan fingerprint density at radius 1 is 1.10 bits per heavy atom. The number of thioether (sulfide) groups is 1. The van der Waals surface area contributed by atoms with Crippen molar-refractivity contribution in [2.45, 2.75) is 37.6 Å². The highest BCUT2D eigenvalue weighted by molar-refractivity contribution is 8.00. The number of aromatic nitrogens is 3. The van der Waals surface area contributed by atoms with E-state index >= 15 is 0 Å². The lowest BCUT2D eigenvalue weighted by Crippen LogP contribution is -2.42. The zero-order valence-electron chi connectivity index (χ0n) is 17.2. The van der Waals surface area contributed by atoms with Crippen LogP contribution >= 0.6 is 11.8 Å². The van der Waals surface area contributed by atoms with Gasteiger partial charge in [-0.25, -0.2) is 4.79 Å². The van der Waals surface area contributed by atoms with Crippen molar-refractivity contribution in [2.24, 2.45) is 11.7 Å². The van der Waals surface area contributed by atoms with Crippen LogP contribution in [0.15, 0.2) is 59.8 Å². The molecule has 156 valence electrons. The Labute approximate surface area is 180 Å². The molecule has 1 aromatic heterocycles. The summed E-state index contributed by atoms with van der Waals surface area (Å²) in [5, 5.41) is 11.0. The highest BCUT2D eigenvalue weighted by Gasteiger charge is 2.28. The number of hydrogen-bond donors (Lipinski definition) is 2. The number of nitrogens with two attached hydrogens (primary N) is 1. The second kappa shape index (κ2) is 9.58. The quantitative estimate of drug-likeness (QED) is 0.566. The molecular weight excluding hydrogens is 398 g/mol. The fraction of sp³-hybridized carbons (Fsp3) is 0.273. The van der Waals surface area contributed by atoms with Crippen LogP contribution in [0.4, 0.5) is 4.79 Å². The van der Waals surface area contributed by atoms with Crippen LogP contribution in [-0.2, 0) is 11.2 Å². The van der Waals surface area contributed by atoms with Gasteiger partial charge in [0.05, 0.1) is 5.25 Å². The molecule has 0 radical (unpaired) electrons. The van der Waals surface area contributed by atoms with Crippen LogP contribution in [0.3, 0.4) is 0 Å². The van der Waals surface area contributed by atoms with Crippen molar-refractivity contribution in [1.29, 1.82) is 0 Å². The summed E-state index contributed by atoms with van der Waals surface area (Å²) in [5.41, 5.74) is 8.28. The average Bonchev–Trinajstić information content (AvgIpc) is 3.08. The lowest BCUT2D eigenvalue weighted by molar-refractivity contribution is -0.120. The molecular formula is C22H25N5O2S. The number of carbonyl (C=O) groups is 2. The summed E-state index contributed by atoms with van der Waals surface area (Å²) in [6, 6.07) is 17.2. The minimum absolute atomic E-state index is 0.0467. The van der Waals surface area contributed by atoms with E-state index in [9.17, 15) is 9.59 Å². The van der Waals surface area contributed by atoms with E-state index in [0.717, 1.165) is 22.6 Å². The molecule has 30 heavy (non-hydrogen) atoms. The maximum Gasteiger partial charge on any atom is 0.318 e. The Morgan fingerprint density at radius 2 is 1.83 bits per heavy atom. The average molecular weight is 424 g/mol. The van der Waals surface area contributed by atoms with Gasteiger partial charge in [0.1, 0.15) is 5.82 Å². The van der Waals surface area contributed by atoms with Gasteiger partial charge in [0.15, 0.2) is 5.16 Å². The molecule has 0 saturated carbocycles. The van der Waals surface area contributed by atoms with Crippen molar-refractivity contribution < 1.29 is 9.59 Å². The summed E-state index contributed by atoms with van der Waals surface area (Å²) in [6.45, 7) is 5.85. The molecule has 3 aromatic rings. The third kappa shape index (κ3) is 5.27. The molecule has 3 N–H and O–H groups in total. The van der Waals surface area contributed by atoms with Crippen molar-refractivity contribution in [3.63, 3.8) is 0 Å². The summed E-state index contributed by atoms with van der Waals surface area (Å²) in [6.07, 6.45) is 0.599. The molecule has 0 aliphatic carbocycles. The number of nitrogens with zero attached hydrogens (tertiary/aromatic N) is 3. The Hall–Kier alpha value is -3.13. The fourth-order valence-corrected chi connectivity index (χ4v) is 4.16. The summed E-state index contributed by atoms with van der Waals surface area (Å²) < 4.78 is 1.97. The van der Waals surface area contributed by atoms with Gasteiger partial charge in [0.2, 0.25) is 5.91 Å². The van der Waals surface area contributed by atoms with Crippen LogP contribution < -0.4 is 11.1 Å². The van der Waals surface area contributed by atoms with Crippen LogP contribution in [-0.4, -0.2) is 32.0 Å². The van der Waals surface area contributed by atoms with Crippen molar-refractivity contribution in [3.8, 4) is 5.69 Å². The van der Waals surface area contributed by atoms with Gasteiger partial charge in [0, 0.05) is 12.1 Å². The number of urea groups is 1. The van der Waals surface area contributed by atoms with Crippen molar-refractivity contribution in [3.05, 3.63) is 71.5 Å². The van der Waals surface area contributed by atoms with Gasteiger partial charge in [-0.2, -0.15) is 0 Å². The number of aryl methyl sites for hydroxylation is 1. The molecule has 0 bridgehead atoms. The lowest BCUT2D eigenvalue weighted by atomic mass is 10.1. The van der Waals surface area contributed by atoms with Crippen LogP contribution in [0, 0.1) is 12.8 Å². The van der Waals surface area contributed by atoms with Crippen LogP contribution in [0.5, 0.6) is 0 Å². The molecule has 7 nitrogen and oxygen atoms in total. The summed E-state index contributed by atoms with van der Waals surface area (Å²) >= 11 is 1.28. The normalized spacial score (nSPS) is 12.0. The van der Waals surface area contributed by atoms with Gasteiger partial charge in [-0.05, 0) is 36.1 Å². The summed E-state index contributed by atoms with van der Waals surface area (Å²) in [7, 11) is 0. The topological polar surface area (TPSA) is 103 Å². The Kier molecular flexibility index (Phi) is 6.89. The van der Waals surface area contributed by atoms with E-state index in [1.165, 1.54) is 11.8 Å². The molecule has 8 heteroatoms. The van der Waals surface area contributed by atoms with E-state index in [1.807, 2.05) is 73.9 Å². The number of hydrogen-bond acceptors (Lipinski definition) is 5. The molecule has 1 atom stereocenters. The maximum atomic E-state index is 12.5. The highest BCUT2D eigenvalue weighted by atomic mass is 32.2. The number of benzene rings is 2. The number of nitrogens with one attached hydrogen (secondary N) is 1. The zero-order chi connectivity index (χ0) is 21.7. The standard InChI is InChI=1S/C22H25N5O2S/c1-14(2)19(20(28)24-21(23)29)30-22-26-25-18(13-16-9-5-4-6-10-16)27(22)17-11-7-8-15(3)12-17/h4-12,14,19H,13H2,1-3H3,(H3,23,24,28,29)/t19-/m1/s1. The van der Waals surface area contributed by atoms with E-state index in [1.54, 1.807) is 0 Å². The van der Waals surface area contributed by atoms with Crippen molar-refractivity contribution in [2.75, 3.05) is 0 Å². The van der Waals surface area contributed by atoms with E-state index in [-0.39, 0.29) is 5.92 Å². The number of amides is 3.